The van der Waals surface area contributed by atoms with Gasteiger partial charge < -0.3 is 59.1 Å². The molecule has 2 aliphatic heterocycles. The zero-order valence-electron chi connectivity index (χ0n) is 18.7. The van der Waals surface area contributed by atoms with Gasteiger partial charge in [-0.2, -0.15) is 0 Å². The molecule has 0 aromatic rings. The molecular formula is C15H23NNa2O15S. The Balaban J connectivity index is 0.00000544. The molecule has 2 heterocycles. The van der Waals surface area contributed by atoms with Crippen molar-refractivity contribution in [3.05, 3.63) is 0 Å². The number of rotatable bonds is 8. The molecule has 1 amide bonds. The third kappa shape index (κ3) is 8.80. The van der Waals surface area contributed by atoms with Crippen LogP contribution in [-0.4, -0.2) is 120 Å². The quantitative estimate of drug-likeness (QED) is 0.110. The molecule has 2 saturated heterocycles. The number of amides is 1. The van der Waals surface area contributed by atoms with Crippen molar-refractivity contribution < 1.29 is 130 Å². The summed E-state index contributed by atoms with van der Waals surface area (Å²) in [5.74, 6) is -2.60. The number of aliphatic carboxylic acids is 1. The van der Waals surface area contributed by atoms with Crippen LogP contribution in [0.1, 0.15) is 6.92 Å². The summed E-state index contributed by atoms with van der Waals surface area (Å²) in [6.45, 7) is 0.101. The van der Waals surface area contributed by atoms with E-state index in [1.54, 1.807) is 0 Å². The predicted molar refractivity (Wildman–Crippen MR) is 91.5 cm³/mol. The number of hydrogen-bond donors (Lipinski definition) is 5. The largest absolute Gasteiger partial charge is 1.00 e. The Kier molecular flexibility index (Phi) is 14.6. The van der Waals surface area contributed by atoms with Crippen LogP contribution in [-0.2, 0) is 43.1 Å². The van der Waals surface area contributed by atoms with Crippen LogP contribution in [0.5, 0.6) is 0 Å². The maximum absolute atomic E-state index is 11.6. The number of carboxylic acid groups (broad SMARTS) is 1. The molecule has 10 atom stereocenters. The van der Waals surface area contributed by atoms with Crippen LogP contribution < -0.4 is 69.5 Å². The molecule has 0 spiro atoms. The molecule has 19 heteroatoms. The first-order valence-electron chi connectivity index (χ1n) is 9.06. The molecule has 0 radical (unpaired) electrons. The number of aliphatic hydroxyl groups is 4. The second-order valence-electron chi connectivity index (χ2n) is 7.00. The Morgan fingerprint density at radius 3 is 2.06 bits per heavy atom. The molecule has 16 nitrogen and oxygen atoms in total. The van der Waals surface area contributed by atoms with Gasteiger partial charge in [0.15, 0.2) is 12.6 Å². The number of carbonyl (C=O) groups is 2. The maximum atomic E-state index is 11.6. The Morgan fingerprint density at radius 2 is 1.59 bits per heavy atom. The number of carboxylic acids is 1. The minimum absolute atomic E-state index is 0. The molecule has 5 N–H and O–H groups in total. The SMILES string of the molecule is CO[C@H]1OC(COS(=O)(=O)[O-])[C@@H](O)[C@H](O[C@@H]2OC(C(=O)[O-])[C@@H](O)[C@H](O)C2O)C1NC(C)=O.[Na+].[Na+]. The summed E-state index contributed by atoms with van der Waals surface area (Å²) in [5.41, 5.74) is 0. The molecule has 0 aromatic heterocycles. The molecule has 2 aliphatic rings. The fourth-order valence-electron chi connectivity index (χ4n) is 3.27. The van der Waals surface area contributed by atoms with E-state index in [0.29, 0.717) is 0 Å². The Morgan fingerprint density at radius 1 is 1.00 bits per heavy atom. The van der Waals surface area contributed by atoms with E-state index >= 15 is 0 Å². The second-order valence-corrected chi connectivity index (χ2v) is 8.06. The third-order valence-electron chi connectivity index (χ3n) is 4.75. The van der Waals surface area contributed by atoms with Gasteiger partial charge in [0, 0.05) is 14.0 Å². The van der Waals surface area contributed by atoms with Gasteiger partial charge in [-0.25, -0.2) is 8.42 Å². The minimum atomic E-state index is -5.18. The van der Waals surface area contributed by atoms with Crippen molar-refractivity contribution in [2.75, 3.05) is 13.7 Å². The summed E-state index contributed by atoms with van der Waals surface area (Å²) in [7, 11) is -4.06. The van der Waals surface area contributed by atoms with E-state index in [1.165, 1.54) is 0 Å². The number of carbonyl (C=O) groups excluding carboxylic acids is 2. The van der Waals surface area contributed by atoms with Gasteiger partial charge in [-0.1, -0.05) is 0 Å². The number of ether oxygens (including phenoxy) is 4. The van der Waals surface area contributed by atoms with Gasteiger partial charge in [-0.15, -0.1) is 0 Å². The Hall–Kier alpha value is 0.490. The summed E-state index contributed by atoms with van der Waals surface area (Å²) in [6, 6.07) is -1.34. The number of hydrogen-bond acceptors (Lipinski definition) is 15. The molecule has 2 fully saturated rings. The van der Waals surface area contributed by atoms with Crippen LogP contribution in [0.15, 0.2) is 0 Å². The molecule has 2 rings (SSSR count). The van der Waals surface area contributed by atoms with Gasteiger partial charge in [0.05, 0.1) is 12.6 Å². The van der Waals surface area contributed by atoms with E-state index in [9.17, 15) is 48.1 Å². The van der Waals surface area contributed by atoms with Crippen molar-refractivity contribution >= 4 is 22.3 Å². The van der Waals surface area contributed by atoms with E-state index in [0.717, 1.165) is 14.0 Å². The smallest absolute Gasteiger partial charge is 0.726 e. The fourth-order valence-corrected chi connectivity index (χ4v) is 3.57. The molecule has 0 aromatic carbocycles. The number of aliphatic hydroxyl groups excluding tert-OH is 4. The van der Waals surface area contributed by atoms with Gasteiger partial charge in [0.2, 0.25) is 16.3 Å². The van der Waals surface area contributed by atoms with Crippen LogP contribution in [0, 0.1) is 0 Å². The zero-order chi connectivity index (χ0) is 24.4. The van der Waals surface area contributed by atoms with Crippen molar-refractivity contribution in [1.82, 2.24) is 5.32 Å². The van der Waals surface area contributed by atoms with E-state index in [-0.39, 0.29) is 59.1 Å². The molecule has 0 bridgehead atoms. The van der Waals surface area contributed by atoms with Gasteiger partial charge in [-0.05, 0) is 0 Å². The van der Waals surface area contributed by atoms with E-state index in [4.69, 9.17) is 18.9 Å². The van der Waals surface area contributed by atoms with Gasteiger partial charge in [0.25, 0.3) is 0 Å². The number of methoxy groups -OCH3 is 1. The molecule has 0 aliphatic carbocycles. The monoisotopic (exact) mass is 535 g/mol. The van der Waals surface area contributed by atoms with Crippen molar-refractivity contribution in [3.63, 3.8) is 0 Å². The minimum Gasteiger partial charge on any atom is -0.726 e. The normalized spacial score (nSPS) is 38.2. The second kappa shape index (κ2) is 14.4. The topological polar surface area (TPSA) is 253 Å². The first kappa shape index (κ1) is 34.5. The summed E-state index contributed by atoms with van der Waals surface area (Å²) in [4.78, 5) is 22.8. The van der Waals surface area contributed by atoms with Crippen molar-refractivity contribution in [2.45, 2.75) is 68.3 Å². The van der Waals surface area contributed by atoms with Crippen LogP contribution in [0.4, 0.5) is 0 Å². The molecule has 4 unspecified atom stereocenters. The zero-order valence-corrected chi connectivity index (χ0v) is 23.5. The Bertz CT molecular complexity index is 788. The molecule has 0 saturated carbocycles. The van der Waals surface area contributed by atoms with Gasteiger partial charge in [0.1, 0.15) is 48.8 Å². The van der Waals surface area contributed by atoms with Crippen molar-refractivity contribution in [2.24, 2.45) is 0 Å². The summed E-state index contributed by atoms with van der Waals surface area (Å²) >= 11 is 0. The Labute approximate surface area is 238 Å². The first-order valence-corrected chi connectivity index (χ1v) is 10.4. The van der Waals surface area contributed by atoms with Crippen LogP contribution in [0.3, 0.4) is 0 Å². The predicted octanol–water partition coefficient (Wildman–Crippen LogP) is -12.3. The van der Waals surface area contributed by atoms with Crippen LogP contribution in [0.2, 0.25) is 0 Å². The van der Waals surface area contributed by atoms with Crippen LogP contribution >= 0.6 is 0 Å². The van der Waals surface area contributed by atoms with E-state index < -0.39 is 90.2 Å². The standard InChI is InChI=1S/C15H25NO15S.2Na/c1-4(17)16-6-11(7(18)5(29-14(6)27-2)3-28-32(24,25)26)30-15-10(21)8(19)9(20)12(31-15)13(22)23;;/h5-12,14-15,18-21H,3H2,1-2H3,(H,16,17)(H,22,23)(H,24,25,26);;/q;2*+1/p-2/t5?,6?,7-,8+,9+,10?,11-,12?,14+,15-;;/m1../s1. The molecular weight excluding hydrogens is 512 g/mol. The summed E-state index contributed by atoms with van der Waals surface area (Å²) in [6.07, 6.45) is -16.8. The van der Waals surface area contributed by atoms with Crippen molar-refractivity contribution in [1.29, 1.82) is 0 Å². The summed E-state index contributed by atoms with van der Waals surface area (Å²) < 4.78 is 57.0. The van der Waals surface area contributed by atoms with Crippen molar-refractivity contribution in [3.8, 4) is 0 Å². The van der Waals surface area contributed by atoms with Crippen LogP contribution in [0.25, 0.3) is 0 Å². The number of nitrogens with one attached hydrogen (secondary N) is 1. The average molecular weight is 535 g/mol. The summed E-state index contributed by atoms with van der Waals surface area (Å²) in [5, 5.41) is 53.9. The van der Waals surface area contributed by atoms with E-state index in [2.05, 4.69) is 9.50 Å². The first-order chi connectivity index (χ1) is 14.8. The maximum Gasteiger partial charge on any atom is 1.00 e. The van der Waals surface area contributed by atoms with Gasteiger partial charge in [-0.3, -0.25) is 8.98 Å². The molecule has 34 heavy (non-hydrogen) atoms. The molecule has 186 valence electrons. The fraction of sp³-hybridized carbons (Fsp3) is 0.867. The van der Waals surface area contributed by atoms with Gasteiger partial charge >= 0.3 is 59.1 Å². The average Bonchev–Trinajstić information content (AvgIpc) is 2.68. The third-order valence-corrected chi connectivity index (χ3v) is 5.17. The van der Waals surface area contributed by atoms with E-state index in [1.807, 2.05) is 0 Å².